The molecule has 0 amide bonds. The van der Waals surface area contributed by atoms with E-state index in [1.165, 1.54) is 56.9 Å². The van der Waals surface area contributed by atoms with Crippen LogP contribution in [0.25, 0.3) is 0 Å². The first-order valence-corrected chi connectivity index (χ1v) is 19.2. The lowest BCUT2D eigenvalue weighted by Crippen LogP contribution is -2.63. The third-order valence-corrected chi connectivity index (χ3v) is 14.8. The van der Waals surface area contributed by atoms with Gasteiger partial charge < -0.3 is 20.0 Å². The Labute approximate surface area is 286 Å². The number of aldehydes is 1. The highest BCUT2D eigenvalue weighted by molar-refractivity contribution is 6.00. The van der Waals surface area contributed by atoms with Crippen molar-refractivity contribution in [2.45, 2.75) is 145 Å². The van der Waals surface area contributed by atoms with Crippen molar-refractivity contribution in [2.75, 3.05) is 20.2 Å². The number of aliphatic hydroxyl groups is 1. The topological polar surface area (TPSA) is 92.7 Å². The van der Waals surface area contributed by atoms with Gasteiger partial charge in [0.25, 0.3) is 0 Å². The molecule has 2 N–H and O–H groups in total. The molecule has 6 heteroatoms. The fourth-order valence-electron chi connectivity index (χ4n) is 12.5. The van der Waals surface area contributed by atoms with Gasteiger partial charge in [0.2, 0.25) is 0 Å². The Morgan fingerprint density at radius 3 is 2.28 bits per heavy atom. The molecule has 0 aromatic heterocycles. The van der Waals surface area contributed by atoms with Crippen LogP contribution in [-0.2, 0) is 19.1 Å². The smallest absolute Gasteiger partial charge is 0.307 e. The Kier molecular flexibility index (Phi) is 10.4. The largest absolute Gasteiger partial charge is 0.462 e. The predicted octanol–water partition coefficient (Wildman–Crippen LogP) is 8.10. The fourth-order valence-corrected chi connectivity index (χ4v) is 12.5. The normalized spacial score (nSPS) is 39.2. The maximum atomic E-state index is 13.8. The molecule has 0 spiro atoms. The zero-order valence-electron chi connectivity index (χ0n) is 31.3. The number of hydrogen-bond donors (Lipinski definition) is 2. The van der Waals surface area contributed by atoms with E-state index in [0.29, 0.717) is 35.4 Å². The second-order valence-electron chi connectivity index (χ2n) is 18.9. The number of fused-ring (bicyclic) bond motifs is 7. The van der Waals surface area contributed by atoms with Crippen molar-refractivity contribution in [3.63, 3.8) is 0 Å². The molecular weight excluding hydrogens is 586 g/mol. The standard InChI is InChI=1S/C40H63NO4.CH4O/c1-25(2)34-29(43)21-40(19-20-41-23-26-9-10-26)18-13-28-27(35(34)40)11-12-31-38(28,7)16-14-30-37(5,6)32(15-17-39(30,31)8)45-33(44)22-36(3,4)24-42;1-2/h24-28,30-32,41H,9-23H2,1-8H3;2H,1H3. The van der Waals surface area contributed by atoms with Gasteiger partial charge in [0.05, 0.1) is 6.42 Å². The van der Waals surface area contributed by atoms with Gasteiger partial charge in [-0.25, -0.2) is 0 Å². The van der Waals surface area contributed by atoms with Gasteiger partial charge in [-0.15, -0.1) is 0 Å². The van der Waals surface area contributed by atoms with Gasteiger partial charge in [0.15, 0.2) is 5.78 Å². The summed E-state index contributed by atoms with van der Waals surface area (Å²) < 4.78 is 6.20. The minimum absolute atomic E-state index is 0.0844. The Hall–Kier alpha value is -1.53. The van der Waals surface area contributed by atoms with E-state index in [4.69, 9.17) is 9.84 Å². The van der Waals surface area contributed by atoms with Crippen molar-refractivity contribution in [1.82, 2.24) is 5.32 Å². The number of allylic oxidation sites excluding steroid dienone is 2. The summed E-state index contributed by atoms with van der Waals surface area (Å²) in [5.74, 6) is 3.78. The molecule has 6 rings (SSSR count). The highest BCUT2D eigenvalue weighted by atomic mass is 16.5. The van der Waals surface area contributed by atoms with E-state index in [1.54, 1.807) is 5.57 Å². The van der Waals surface area contributed by atoms with Crippen LogP contribution in [0.2, 0.25) is 0 Å². The van der Waals surface area contributed by atoms with E-state index in [0.717, 1.165) is 58.1 Å². The first-order chi connectivity index (χ1) is 22.1. The van der Waals surface area contributed by atoms with Crippen molar-refractivity contribution >= 4 is 18.0 Å². The first-order valence-electron chi connectivity index (χ1n) is 19.2. The fraction of sp³-hybridized carbons (Fsp3) is 0.878. The summed E-state index contributed by atoms with van der Waals surface area (Å²) in [5.41, 5.74) is 2.62. The van der Waals surface area contributed by atoms with E-state index in [-0.39, 0.29) is 40.2 Å². The first kappa shape index (κ1) is 36.7. The molecule has 0 saturated heterocycles. The number of esters is 1. The van der Waals surface area contributed by atoms with Crippen LogP contribution >= 0.6 is 0 Å². The average Bonchev–Trinajstić information content (AvgIpc) is 3.77. The molecule has 8 atom stereocenters. The molecular formula is C41H67NO5. The second-order valence-corrected chi connectivity index (χ2v) is 18.9. The molecule has 0 heterocycles. The van der Waals surface area contributed by atoms with Crippen molar-refractivity contribution in [3.05, 3.63) is 11.1 Å². The summed E-state index contributed by atoms with van der Waals surface area (Å²) in [4.78, 5) is 38.2. The Bertz CT molecular complexity index is 1230. The highest BCUT2D eigenvalue weighted by Gasteiger charge is 2.66. The van der Waals surface area contributed by atoms with Crippen molar-refractivity contribution in [1.29, 1.82) is 0 Å². The van der Waals surface area contributed by atoms with Crippen molar-refractivity contribution in [3.8, 4) is 0 Å². The number of Topliss-reactive ketones (excluding diaryl/α,β-unsaturated/α-hetero) is 1. The molecule has 47 heavy (non-hydrogen) atoms. The molecule has 5 saturated carbocycles. The molecule has 0 bridgehead atoms. The quantitative estimate of drug-likeness (QED) is 0.141. The van der Waals surface area contributed by atoms with Crippen LogP contribution < -0.4 is 5.32 Å². The SMILES string of the molecule is CC(C)C1=C2C3CCC4C(C)(CCC5C(C)(C)C(OC(=O)CC(C)(C)C=O)CCC54C)C3CCC2(CCNCC2CC2)CC1=O.CO. The lowest BCUT2D eigenvalue weighted by Gasteiger charge is -2.69. The van der Waals surface area contributed by atoms with Crippen LogP contribution in [0.1, 0.15) is 139 Å². The van der Waals surface area contributed by atoms with Gasteiger partial charge in [-0.05, 0) is 136 Å². The molecule has 266 valence electrons. The number of carbonyl (C=O) groups is 3. The molecule has 6 aliphatic rings. The number of ketones is 1. The van der Waals surface area contributed by atoms with E-state index < -0.39 is 5.41 Å². The predicted molar refractivity (Wildman–Crippen MR) is 188 cm³/mol. The Morgan fingerprint density at radius 2 is 1.64 bits per heavy atom. The van der Waals surface area contributed by atoms with E-state index in [2.05, 4.69) is 46.9 Å². The van der Waals surface area contributed by atoms with Gasteiger partial charge in [0, 0.05) is 29.8 Å². The zero-order valence-corrected chi connectivity index (χ0v) is 31.3. The summed E-state index contributed by atoms with van der Waals surface area (Å²) >= 11 is 0. The van der Waals surface area contributed by atoms with Gasteiger partial charge in [-0.3, -0.25) is 9.59 Å². The van der Waals surface area contributed by atoms with Crippen molar-refractivity contribution < 1.29 is 24.2 Å². The Morgan fingerprint density at radius 1 is 0.957 bits per heavy atom. The number of nitrogens with one attached hydrogen (secondary N) is 1. The molecule has 6 nitrogen and oxygen atoms in total. The van der Waals surface area contributed by atoms with Gasteiger partial charge in [-0.2, -0.15) is 0 Å². The van der Waals surface area contributed by atoms with Gasteiger partial charge in [0.1, 0.15) is 12.4 Å². The molecule has 6 aliphatic carbocycles. The van der Waals surface area contributed by atoms with Crippen LogP contribution in [0, 0.1) is 62.6 Å². The molecule has 0 aromatic carbocycles. The summed E-state index contributed by atoms with van der Waals surface area (Å²) in [7, 11) is 1.00. The maximum absolute atomic E-state index is 13.8. The number of carbonyl (C=O) groups excluding carboxylic acids is 3. The van der Waals surface area contributed by atoms with Gasteiger partial charge >= 0.3 is 5.97 Å². The summed E-state index contributed by atoms with van der Waals surface area (Å²) in [5, 5.41) is 10.8. The van der Waals surface area contributed by atoms with Crippen molar-refractivity contribution in [2.24, 2.45) is 62.6 Å². The number of aliphatic hydroxyl groups excluding tert-OH is 1. The van der Waals surface area contributed by atoms with Gasteiger partial charge in [-0.1, -0.05) is 61.0 Å². The lowest BCUT2D eigenvalue weighted by molar-refractivity contribution is -0.213. The molecule has 8 unspecified atom stereocenters. The third kappa shape index (κ3) is 6.46. The molecule has 5 fully saturated rings. The zero-order chi connectivity index (χ0) is 34.6. The lowest BCUT2D eigenvalue weighted by atomic mass is 9.36. The van der Waals surface area contributed by atoms with E-state index >= 15 is 0 Å². The number of ether oxygens (including phenoxy) is 1. The number of hydrogen-bond acceptors (Lipinski definition) is 6. The highest BCUT2D eigenvalue weighted by Crippen LogP contribution is 2.73. The number of rotatable bonds is 10. The molecule has 0 aromatic rings. The minimum atomic E-state index is -0.685. The van der Waals surface area contributed by atoms with E-state index in [1.807, 2.05) is 13.8 Å². The summed E-state index contributed by atoms with van der Waals surface area (Å²) in [6, 6.07) is 0. The van der Waals surface area contributed by atoms with Crippen LogP contribution in [0.4, 0.5) is 0 Å². The second kappa shape index (κ2) is 13.3. The van der Waals surface area contributed by atoms with Crippen LogP contribution in [-0.4, -0.2) is 49.4 Å². The van der Waals surface area contributed by atoms with Crippen LogP contribution in [0.3, 0.4) is 0 Å². The van der Waals surface area contributed by atoms with Crippen LogP contribution in [0.5, 0.6) is 0 Å². The summed E-state index contributed by atoms with van der Waals surface area (Å²) in [6.07, 6.45) is 14.9. The minimum Gasteiger partial charge on any atom is -0.462 e. The molecule has 0 radical (unpaired) electrons. The average molecular weight is 654 g/mol. The monoisotopic (exact) mass is 654 g/mol. The third-order valence-electron chi connectivity index (χ3n) is 14.8. The Balaban J connectivity index is 0.00000213. The summed E-state index contributed by atoms with van der Waals surface area (Å²) in [6.45, 7) is 20.3. The van der Waals surface area contributed by atoms with E-state index in [9.17, 15) is 14.4 Å². The van der Waals surface area contributed by atoms with Crippen LogP contribution in [0.15, 0.2) is 11.1 Å². The molecule has 0 aliphatic heterocycles. The maximum Gasteiger partial charge on any atom is 0.307 e.